The first-order valence-electron chi connectivity index (χ1n) is 11.3. The molecule has 3 aromatic heterocycles. The van der Waals surface area contributed by atoms with Gasteiger partial charge >= 0.3 is 0 Å². The number of pyridine rings is 2. The molecule has 0 saturated carbocycles. The Hall–Kier alpha value is -2.40. The zero-order chi connectivity index (χ0) is 23.7. The monoisotopic (exact) mass is 581 g/mol. The van der Waals surface area contributed by atoms with E-state index in [4.69, 9.17) is 11.6 Å². The zero-order valence-electron chi connectivity index (χ0n) is 18.9. The van der Waals surface area contributed by atoms with E-state index >= 15 is 0 Å². The lowest BCUT2D eigenvalue weighted by atomic mass is 10.1. The number of nitrogens with one attached hydrogen (secondary N) is 3. The molecule has 3 aromatic rings. The largest absolute Gasteiger partial charge is 0.366 e. The van der Waals surface area contributed by atoms with Crippen LogP contribution >= 0.6 is 39.9 Å². The highest BCUT2D eigenvalue weighted by atomic mass is 79.9. The second-order valence-corrected chi connectivity index (χ2v) is 9.88. The Labute approximate surface area is 222 Å². The summed E-state index contributed by atoms with van der Waals surface area (Å²) in [6.45, 7) is 3.70. The van der Waals surface area contributed by atoms with E-state index in [1.165, 1.54) is 12.4 Å². The van der Waals surface area contributed by atoms with Gasteiger partial charge in [-0.1, -0.05) is 11.6 Å². The molecule has 9 nitrogen and oxygen atoms in total. The predicted molar refractivity (Wildman–Crippen MR) is 143 cm³/mol. The van der Waals surface area contributed by atoms with Crippen LogP contribution in [0.1, 0.15) is 29.6 Å². The second kappa shape index (κ2) is 11.1. The van der Waals surface area contributed by atoms with Gasteiger partial charge in [-0.2, -0.15) is 0 Å². The van der Waals surface area contributed by atoms with E-state index in [1.807, 2.05) is 4.90 Å². The van der Waals surface area contributed by atoms with Crippen molar-refractivity contribution in [3.63, 3.8) is 0 Å². The molecule has 3 N–H and O–H groups in total. The number of piperazine rings is 1. The zero-order valence-corrected chi connectivity index (χ0v) is 22.0. The molecule has 35 heavy (non-hydrogen) atoms. The van der Waals surface area contributed by atoms with Crippen molar-refractivity contribution in [1.29, 1.82) is 0 Å². The Bertz CT molecular complexity index is 1220. The van der Waals surface area contributed by atoms with Gasteiger partial charge in [-0.15, -0.1) is 12.4 Å². The van der Waals surface area contributed by atoms with E-state index in [0.29, 0.717) is 60.6 Å². The molecule has 5 rings (SSSR count). The number of nitrogens with zero attached hydrogens (tertiary/aromatic N) is 4. The molecular formula is C23H26BrCl2N7O2. The highest BCUT2D eigenvalue weighted by Crippen LogP contribution is 2.38. The Morgan fingerprint density at radius 1 is 1.20 bits per heavy atom. The third kappa shape index (κ3) is 5.55. The van der Waals surface area contributed by atoms with Crippen LogP contribution in [0.5, 0.6) is 0 Å². The number of aromatic nitrogens is 3. The summed E-state index contributed by atoms with van der Waals surface area (Å²) in [6, 6.07) is 1.88. The lowest BCUT2D eigenvalue weighted by molar-refractivity contribution is -0.131. The van der Waals surface area contributed by atoms with Gasteiger partial charge in [0.05, 0.1) is 31.8 Å². The Morgan fingerprint density at radius 3 is 2.71 bits per heavy atom. The van der Waals surface area contributed by atoms with Crippen molar-refractivity contribution in [3.8, 4) is 0 Å². The van der Waals surface area contributed by atoms with Crippen molar-refractivity contribution in [3.05, 3.63) is 45.9 Å². The molecule has 1 unspecified atom stereocenters. The lowest BCUT2D eigenvalue weighted by Gasteiger charge is -2.37. The van der Waals surface area contributed by atoms with E-state index in [9.17, 15) is 9.59 Å². The molecule has 1 atom stereocenters. The number of hydrogen-bond acceptors (Lipinski definition) is 6. The summed E-state index contributed by atoms with van der Waals surface area (Å²) < 4.78 is 0.828. The molecule has 12 heteroatoms. The van der Waals surface area contributed by atoms with E-state index in [-0.39, 0.29) is 24.2 Å². The molecule has 2 aliphatic rings. The van der Waals surface area contributed by atoms with Gasteiger partial charge in [-0.3, -0.25) is 14.6 Å². The molecule has 0 bridgehead atoms. The summed E-state index contributed by atoms with van der Waals surface area (Å²) in [4.78, 5) is 41.4. The average Bonchev–Trinajstić information content (AvgIpc) is 3.49. The molecule has 186 valence electrons. The normalized spacial score (nSPS) is 17.9. The fourth-order valence-corrected chi connectivity index (χ4v) is 5.37. The number of carbonyl (C=O) groups is 2. The van der Waals surface area contributed by atoms with Crippen LogP contribution < -0.4 is 15.5 Å². The number of hydrogen-bond donors (Lipinski definition) is 3. The van der Waals surface area contributed by atoms with Crippen LogP contribution in [0.2, 0.25) is 5.02 Å². The van der Waals surface area contributed by atoms with Gasteiger partial charge in [-0.05, 0) is 41.4 Å². The van der Waals surface area contributed by atoms with Gasteiger partial charge in [-0.25, -0.2) is 4.98 Å². The van der Waals surface area contributed by atoms with Gasteiger partial charge in [0.15, 0.2) is 0 Å². The summed E-state index contributed by atoms with van der Waals surface area (Å²) in [6.07, 6.45) is 9.22. The number of halogens is 3. The van der Waals surface area contributed by atoms with Crippen LogP contribution in [0.15, 0.2) is 35.3 Å². The fourth-order valence-electron chi connectivity index (χ4n) is 4.64. The average molecular weight is 583 g/mol. The first kappa shape index (κ1) is 25.7. The van der Waals surface area contributed by atoms with Crippen LogP contribution in [0.4, 0.5) is 11.4 Å². The molecular weight excluding hydrogens is 557 g/mol. The molecule has 0 radical (unpaired) electrons. The molecule has 5 heterocycles. The standard InChI is InChI=1S/C23H25BrClN7O2.ClH/c24-17-12-28-22-20(18(13-29-22)30-23(34)14-8-15(25)11-26-10-14)21(17)32-6-4-31(5-7-32)19(33)9-16-2-1-3-27-16;/h8,10-13,16,27H,1-7,9H2,(H,28,29)(H,30,34);1H. The molecule has 2 saturated heterocycles. The van der Waals surface area contributed by atoms with Crippen LogP contribution in [-0.4, -0.2) is 70.4 Å². The number of fused-ring (bicyclic) bond motifs is 1. The van der Waals surface area contributed by atoms with Crippen molar-refractivity contribution in [1.82, 2.24) is 25.2 Å². The number of amides is 2. The minimum Gasteiger partial charge on any atom is -0.366 e. The maximum Gasteiger partial charge on any atom is 0.257 e. The van der Waals surface area contributed by atoms with Gasteiger partial charge in [0.1, 0.15) is 5.65 Å². The highest BCUT2D eigenvalue weighted by molar-refractivity contribution is 9.10. The number of rotatable bonds is 5. The summed E-state index contributed by atoms with van der Waals surface area (Å²) >= 11 is 9.64. The molecule has 2 aliphatic heterocycles. The Balaban J connectivity index is 0.00000289. The van der Waals surface area contributed by atoms with E-state index in [2.05, 4.69) is 46.4 Å². The van der Waals surface area contributed by atoms with Crippen LogP contribution in [-0.2, 0) is 4.79 Å². The van der Waals surface area contributed by atoms with Gasteiger partial charge in [0.25, 0.3) is 5.91 Å². The topological polar surface area (TPSA) is 106 Å². The number of H-pyrrole nitrogens is 1. The van der Waals surface area contributed by atoms with Crippen molar-refractivity contribution >= 4 is 74.2 Å². The number of carbonyl (C=O) groups excluding carboxylic acids is 2. The summed E-state index contributed by atoms with van der Waals surface area (Å²) in [7, 11) is 0. The molecule has 2 fully saturated rings. The van der Waals surface area contributed by atoms with E-state index in [0.717, 1.165) is 34.9 Å². The SMILES string of the molecule is Cl.O=C(Nc1c[nH]c2ncc(Br)c(N3CCN(C(=O)CC4CCCN4)CC3)c12)c1cncc(Cl)c1. The third-order valence-electron chi connectivity index (χ3n) is 6.38. The van der Waals surface area contributed by atoms with E-state index < -0.39 is 0 Å². The Morgan fingerprint density at radius 2 is 2.00 bits per heavy atom. The Kier molecular flexibility index (Phi) is 8.16. The van der Waals surface area contributed by atoms with Crippen molar-refractivity contribution in [2.24, 2.45) is 0 Å². The third-order valence-corrected chi connectivity index (χ3v) is 7.16. The van der Waals surface area contributed by atoms with Crippen molar-refractivity contribution in [2.75, 3.05) is 42.9 Å². The van der Waals surface area contributed by atoms with Crippen molar-refractivity contribution < 1.29 is 9.59 Å². The number of aromatic amines is 1. The maximum atomic E-state index is 12.8. The van der Waals surface area contributed by atoms with E-state index in [1.54, 1.807) is 18.5 Å². The quantitative estimate of drug-likeness (QED) is 0.422. The summed E-state index contributed by atoms with van der Waals surface area (Å²) in [5, 5.41) is 7.57. The number of anilines is 2. The summed E-state index contributed by atoms with van der Waals surface area (Å²) in [5.41, 5.74) is 2.60. The van der Waals surface area contributed by atoms with Crippen LogP contribution in [0.3, 0.4) is 0 Å². The molecule has 0 aliphatic carbocycles. The van der Waals surface area contributed by atoms with Crippen LogP contribution in [0, 0.1) is 0 Å². The molecule has 2 amide bonds. The first-order valence-corrected chi connectivity index (χ1v) is 12.5. The van der Waals surface area contributed by atoms with Gasteiger partial charge in [0.2, 0.25) is 5.91 Å². The maximum absolute atomic E-state index is 12.8. The first-order chi connectivity index (χ1) is 16.5. The highest BCUT2D eigenvalue weighted by Gasteiger charge is 2.27. The van der Waals surface area contributed by atoms with Gasteiger partial charge < -0.3 is 25.4 Å². The lowest BCUT2D eigenvalue weighted by Crippen LogP contribution is -2.49. The summed E-state index contributed by atoms with van der Waals surface area (Å²) in [5.74, 6) is -0.0968. The second-order valence-electron chi connectivity index (χ2n) is 8.59. The minimum atomic E-state index is -0.308. The van der Waals surface area contributed by atoms with Gasteiger partial charge in [0, 0.05) is 63.4 Å². The molecule has 0 spiro atoms. The molecule has 0 aromatic carbocycles. The predicted octanol–water partition coefficient (Wildman–Crippen LogP) is 3.84. The minimum absolute atomic E-state index is 0. The smallest absolute Gasteiger partial charge is 0.257 e. The fraction of sp³-hybridized carbons (Fsp3) is 0.391. The van der Waals surface area contributed by atoms with Crippen LogP contribution in [0.25, 0.3) is 11.0 Å². The van der Waals surface area contributed by atoms with Crippen molar-refractivity contribution in [2.45, 2.75) is 25.3 Å².